The molecule has 120 valence electrons. The van der Waals surface area contributed by atoms with Gasteiger partial charge in [0.2, 0.25) is 5.91 Å². The molecule has 5 nitrogen and oxygen atoms in total. The normalized spacial score (nSPS) is 26.7. The molecule has 0 radical (unpaired) electrons. The maximum absolute atomic E-state index is 12.1. The maximum atomic E-state index is 12.1. The van der Waals surface area contributed by atoms with Crippen LogP contribution in [0.25, 0.3) is 0 Å². The Bertz CT molecular complexity index is 353. The molecule has 1 amide bonds. The van der Waals surface area contributed by atoms with E-state index in [1.54, 1.807) is 0 Å². The third-order valence-electron chi connectivity index (χ3n) is 4.82. The molecule has 0 aromatic rings. The molecule has 0 spiro atoms. The van der Waals surface area contributed by atoms with E-state index in [4.69, 9.17) is 0 Å². The number of rotatable bonds is 7. The number of unbranched alkanes of at least 4 members (excludes halogenated alkanes) is 1. The van der Waals surface area contributed by atoms with Crippen molar-refractivity contribution in [2.75, 3.05) is 26.2 Å². The zero-order chi connectivity index (χ0) is 15.1. The molecule has 2 fully saturated rings. The summed E-state index contributed by atoms with van der Waals surface area (Å²) in [6.45, 7) is 4.23. The summed E-state index contributed by atoms with van der Waals surface area (Å²) in [7, 11) is 0. The average molecular weight is 296 g/mol. The number of carbonyl (C=O) groups is 2. The Morgan fingerprint density at radius 2 is 1.67 bits per heavy atom. The summed E-state index contributed by atoms with van der Waals surface area (Å²) in [6.07, 6.45) is 7.97. The van der Waals surface area contributed by atoms with Crippen molar-refractivity contribution in [3.63, 3.8) is 0 Å². The molecule has 21 heavy (non-hydrogen) atoms. The monoisotopic (exact) mass is 296 g/mol. The number of carboxylic acid groups (broad SMARTS) is 1. The van der Waals surface area contributed by atoms with Gasteiger partial charge in [-0.25, -0.2) is 0 Å². The summed E-state index contributed by atoms with van der Waals surface area (Å²) in [6, 6.07) is 0. The van der Waals surface area contributed by atoms with Crippen molar-refractivity contribution >= 4 is 11.9 Å². The molecule has 1 saturated heterocycles. The van der Waals surface area contributed by atoms with Gasteiger partial charge >= 0.3 is 5.97 Å². The highest BCUT2D eigenvalue weighted by Crippen LogP contribution is 2.30. The van der Waals surface area contributed by atoms with Crippen molar-refractivity contribution < 1.29 is 14.7 Å². The van der Waals surface area contributed by atoms with Gasteiger partial charge in [-0.15, -0.1) is 0 Å². The minimum atomic E-state index is -0.816. The molecule has 1 heterocycles. The lowest BCUT2D eigenvalue weighted by molar-refractivity contribution is -0.148. The predicted molar refractivity (Wildman–Crippen MR) is 81.0 cm³/mol. The first kappa shape index (κ1) is 16.3. The number of carbonyl (C=O) groups excluding carboxylic acids is 1. The topological polar surface area (TPSA) is 69.6 Å². The van der Waals surface area contributed by atoms with E-state index in [9.17, 15) is 14.7 Å². The zero-order valence-electron chi connectivity index (χ0n) is 12.9. The fourth-order valence-electron chi connectivity index (χ4n) is 3.55. The summed E-state index contributed by atoms with van der Waals surface area (Å²) in [5, 5.41) is 12.1. The van der Waals surface area contributed by atoms with Crippen molar-refractivity contribution in [2.45, 2.75) is 51.4 Å². The van der Waals surface area contributed by atoms with Crippen molar-refractivity contribution in [3.05, 3.63) is 0 Å². The first-order valence-electron chi connectivity index (χ1n) is 8.41. The second-order valence-corrected chi connectivity index (χ2v) is 6.38. The van der Waals surface area contributed by atoms with Crippen LogP contribution in [-0.2, 0) is 9.59 Å². The van der Waals surface area contributed by atoms with E-state index in [1.165, 1.54) is 25.9 Å². The fraction of sp³-hybridized carbons (Fsp3) is 0.875. The summed E-state index contributed by atoms with van der Waals surface area (Å²) >= 11 is 0. The minimum absolute atomic E-state index is 0.0525. The van der Waals surface area contributed by atoms with Crippen LogP contribution in [-0.4, -0.2) is 48.1 Å². The molecule has 0 aromatic heterocycles. The summed E-state index contributed by atoms with van der Waals surface area (Å²) in [4.78, 5) is 25.8. The molecular formula is C16H28N2O3. The smallest absolute Gasteiger partial charge is 0.307 e. The van der Waals surface area contributed by atoms with E-state index >= 15 is 0 Å². The Kier molecular flexibility index (Phi) is 6.49. The van der Waals surface area contributed by atoms with Crippen LogP contribution < -0.4 is 5.32 Å². The quantitative estimate of drug-likeness (QED) is 0.704. The predicted octanol–water partition coefficient (Wildman–Crippen LogP) is 1.87. The van der Waals surface area contributed by atoms with Crippen LogP contribution >= 0.6 is 0 Å². The molecule has 1 aliphatic carbocycles. The van der Waals surface area contributed by atoms with Crippen LogP contribution in [0.1, 0.15) is 51.4 Å². The molecule has 0 bridgehead atoms. The molecule has 5 heteroatoms. The summed E-state index contributed by atoms with van der Waals surface area (Å²) in [5.41, 5.74) is 0. The Morgan fingerprint density at radius 1 is 1.00 bits per heavy atom. The highest BCUT2D eigenvalue weighted by atomic mass is 16.4. The first-order chi connectivity index (χ1) is 10.2. The van der Waals surface area contributed by atoms with Crippen molar-refractivity contribution in [1.82, 2.24) is 10.2 Å². The molecule has 2 atom stereocenters. The molecular weight excluding hydrogens is 268 g/mol. The second-order valence-electron chi connectivity index (χ2n) is 6.38. The van der Waals surface area contributed by atoms with E-state index in [0.717, 1.165) is 38.6 Å². The Labute approximate surface area is 127 Å². The minimum Gasteiger partial charge on any atom is -0.481 e. The van der Waals surface area contributed by atoms with Gasteiger partial charge in [0, 0.05) is 6.54 Å². The second kappa shape index (κ2) is 8.37. The molecule has 0 aromatic carbocycles. The van der Waals surface area contributed by atoms with Crippen molar-refractivity contribution in [2.24, 2.45) is 11.8 Å². The number of carboxylic acids is 1. The van der Waals surface area contributed by atoms with Gasteiger partial charge in [-0.3, -0.25) is 9.59 Å². The number of aliphatic carboxylic acids is 1. The number of hydrogen-bond acceptors (Lipinski definition) is 3. The zero-order valence-corrected chi connectivity index (χ0v) is 12.9. The number of nitrogens with zero attached hydrogens (tertiary/aromatic N) is 1. The number of amides is 1. The third kappa shape index (κ3) is 4.99. The molecule has 1 saturated carbocycles. The van der Waals surface area contributed by atoms with Gasteiger partial charge in [0.25, 0.3) is 0 Å². The van der Waals surface area contributed by atoms with Gasteiger partial charge in [0.1, 0.15) is 0 Å². The van der Waals surface area contributed by atoms with Gasteiger partial charge in [0.15, 0.2) is 0 Å². The van der Waals surface area contributed by atoms with Crippen molar-refractivity contribution in [1.29, 1.82) is 0 Å². The van der Waals surface area contributed by atoms with Crippen molar-refractivity contribution in [3.8, 4) is 0 Å². The van der Waals surface area contributed by atoms with Gasteiger partial charge in [-0.1, -0.05) is 12.8 Å². The van der Waals surface area contributed by atoms with Crippen LogP contribution in [0, 0.1) is 11.8 Å². The molecule has 2 unspecified atom stereocenters. The highest BCUT2D eigenvalue weighted by molar-refractivity contribution is 5.84. The number of hydrogen-bond donors (Lipinski definition) is 2. The van der Waals surface area contributed by atoms with E-state index in [-0.39, 0.29) is 11.8 Å². The summed E-state index contributed by atoms with van der Waals surface area (Å²) < 4.78 is 0. The first-order valence-corrected chi connectivity index (χ1v) is 8.41. The van der Waals surface area contributed by atoms with Crippen LogP contribution in [0.4, 0.5) is 0 Å². The van der Waals surface area contributed by atoms with Crippen LogP contribution in [0.3, 0.4) is 0 Å². The lowest BCUT2D eigenvalue weighted by Crippen LogP contribution is -2.40. The van der Waals surface area contributed by atoms with Gasteiger partial charge in [-0.2, -0.15) is 0 Å². The van der Waals surface area contributed by atoms with Crippen LogP contribution in [0.5, 0.6) is 0 Å². The molecule has 1 aliphatic heterocycles. The van der Waals surface area contributed by atoms with E-state index < -0.39 is 11.9 Å². The largest absolute Gasteiger partial charge is 0.481 e. The van der Waals surface area contributed by atoms with Crippen LogP contribution in [0.2, 0.25) is 0 Å². The van der Waals surface area contributed by atoms with Gasteiger partial charge < -0.3 is 15.3 Å². The van der Waals surface area contributed by atoms with E-state index in [0.29, 0.717) is 13.0 Å². The number of nitrogens with one attached hydrogen (secondary N) is 1. The Balaban J connectivity index is 1.62. The lowest BCUT2D eigenvalue weighted by atomic mass is 9.78. The van der Waals surface area contributed by atoms with E-state index in [2.05, 4.69) is 10.2 Å². The lowest BCUT2D eigenvalue weighted by Gasteiger charge is -2.27. The molecule has 2 aliphatic rings. The summed E-state index contributed by atoms with van der Waals surface area (Å²) in [5.74, 6) is -1.68. The molecule has 2 N–H and O–H groups in total. The Hall–Kier alpha value is -1.10. The third-order valence-corrected chi connectivity index (χ3v) is 4.82. The SMILES string of the molecule is O=C(O)C1CCCCC1C(=O)NCCCCN1CCCC1. The standard InChI is InChI=1S/C16H28N2O3/c19-15(13-7-1-2-8-14(13)16(20)21)17-9-3-4-10-18-11-5-6-12-18/h13-14H,1-12H2,(H,17,19)(H,20,21). The average Bonchev–Trinajstić information content (AvgIpc) is 3.00. The number of likely N-dealkylation sites (tertiary alicyclic amines) is 1. The van der Waals surface area contributed by atoms with E-state index in [1.807, 2.05) is 0 Å². The van der Waals surface area contributed by atoms with Gasteiger partial charge in [-0.05, 0) is 58.2 Å². The fourth-order valence-corrected chi connectivity index (χ4v) is 3.55. The van der Waals surface area contributed by atoms with Crippen LogP contribution in [0.15, 0.2) is 0 Å². The Morgan fingerprint density at radius 3 is 2.33 bits per heavy atom. The molecule has 2 rings (SSSR count). The maximum Gasteiger partial charge on any atom is 0.307 e. The van der Waals surface area contributed by atoms with Gasteiger partial charge in [0.05, 0.1) is 11.8 Å². The highest BCUT2D eigenvalue weighted by Gasteiger charge is 2.35.